The average Bonchev–Trinajstić information content (AvgIpc) is 2.76. The van der Waals surface area contributed by atoms with Gasteiger partial charge >= 0.3 is 18.5 Å². The highest BCUT2D eigenvalue weighted by atomic mass is 35.5. The van der Waals surface area contributed by atoms with Crippen LogP contribution in [0.1, 0.15) is 33.0 Å². The maximum Gasteiger partial charge on any atom is 0.417 e. The van der Waals surface area contributed by atoms with Gasteiger partial charge in [-0.3, -0.25) is 9.59 Å². The first kappa shape index (κ1) is 30.9. The molecule has 38 heavy (non-hydrogen) atoms. The summed E-state index contributed by atoms with van der Waals surface area (Å²) >= 11 is 5.54. The predicted molar refractivity (Wildman–Crippen MR) is 112 cm³/mol. The summed E-state index contributed by atoms with van der Waals surface area (Å²) in [6.45, 7) is -2.91. The summed E-state index contributed by atoms with van der Waals surface area (Å²) in [7, 11) is 0. The van der Waals surface area contributed by atoms with Gasteiger partial charge in [0, 0.05) is 10.6 Å². The quantitative estimate of drug-likeness (QED) is 0.363. The Bertz CT molecular complexity index is 1200. The van der Waals surface area contributed by atoms with Crippen molar-refractivity contribution < 1.29 is 57.9 Å². The van der Waals surface area contributed by atoms with Gasteiger partial charge in [0.1, 0.15) is 24.1 Å². The van der Waals surface area contributed by atoms with Crippen molar-refractivity contribution in [3.63, 3.8) is 0 Å². The molecule has 0 saturated heterocycles. The van der Waals surface area contributed by atoms with Crippen molar-refractivity contribution in [1.29, 1.82) is 0 Å². The Kier molecular flexibility index (Phi) is 9.40. The lowest BCUT2D eigenvalue weighted by Crippen LogP contribution is -2.41. The summed E-state index contributed by atoms with van der Waals surface area (Å²) in [5.41, 5.74) is -4.88. The molecular weight excluding hydrogens is 569 g/mol. The van der Waals surface area contributed by atoms with E-state index in [9.17, 15) is 57.9 Å². The maximum atomic E-state index is 14.8. The van der Waals surface area contributed by atoms with Gasteiger partial charge in [0.05, 0.1) is 17.7 Å². The summed E-state index contributed by atoms with van der Waals surface area (Å²) in [5.74, 6) is -8.78. The normalized spacial score (nSPS) is 13.7. The molecular formula is C22H14ClF11N2O2. The predicted octanol–water partition coefficient (Wildman–Crippen LogP) is 6.56. The number of alkyl halides is 9. The highest BCUT2D eigenvalue weighted by molar-refractivity contribution is 6.30. The van der Waals surface area contributed by atoms with E-state index in [0.717, 1.165) is 0 Å². The minimum absolute atomic E-state index is 0.0243. The van der Waals surface area contributed by atoms with Crippen molar-refractivity contribution >= 4 is 29.2 Å². The highest BCUT2D eigenvalue weighted by Gasteiger charge is 2.41. The molecule has 2 rings (SSSR count). The third-order valence-electron chi connectivity index (χ3n) is 4.65. The van der Waals surface area contributed by atoms with Crippen LogP contribution in [0.3, 0.4) is 0 Å². The van der Waals surface area contributed by atoms with Crippen LogP contribution in [-0.2, 0) is 11.0 Å². The molecule has 1 unspecified atom stereocenters. The third kappa shape index (κ3) is 8.89. The van der Waals surface area contributed by atoms with Gasteiger partial charge < -0.3 is 10.6 Å². The molecule has 0 bridgehead atoms. The number of hydrogen-bond acceptors (Lipinski definition) is 2. The lowest BCUT2D eigenvalue weighted by molar-refractivity contribution is -0.140. The number of rotatable bonds is 7. The van der Waals surface area contributed by atoms with Gasteiger partial charge in [-0.15, -0.1) is 0 Å². The molecule has 4 nitrogen and oxygen atoms in total. The molecule has 0 heterocycles. The molecule has 1 atom stereocenters. The molecule has 0 aromatic heterocycles. The fourth-order valence-electron chi connectivity index (χ4n) is 3.02. The van der Waals surface area contributed by atoms with E-state index in [1.165, 1.54) is 5.32 Å². The Morgan fingerprint density at radius 2 is 1.55 bits per heavy atom. The van der Waals surface area contributed by atoms with E-state index >= 15 is 0 Å². The van der Waals surface area contributed by atoms with Crippen LogP contribution >= 0.6 is 11.6 Å². The molecule has 0 aliphatic heterocycles. The zero-order valence-electron chi connectivity index (χ0n) is 18.4. The monoisotopic (exact) mass is 582 g/mol. The molecule has 16 heteroatoms. The zero-order chi connectivity index (χ0) is 29.1. The molecule has 0 saturated carbocycles. The van der Waals surface area contributed by atoms with Crippen LogP contribution in [0, 0.1) is 5.82 Å². The average molecular weight is 583 g/mol. The first-order valence-electron chi connectivity index (χ1n) is 10.0. The number of benzene rings is 2. The molecule has 0 radical (unpaired) electrons. The number of hydrogen-bond donors (Lipinski definition) is 2. The molecule has 2 N–H and O–H groups in total. The van der Waals surface area contributed by atoms with Gasteiger partial charge in [0.2, 0.25) is 5.91 Å². The van der Waals surface area contributed by atoms with Gasteiger partial charge in [0.15, 0.2) is 0 Å². The van der Waals surface area contributed by atoms with Crippen molar-refractivity contribution in [3.05, 3.63) is 75.6 Å². The first-order chi connectivity index (χ1) is 17.3. The van der Waals surface area contributed by atoms with Crippen LogP contribution in [0.25, 0.3) is 5.83 Å². The Morgan fingerprint density at radius 3 is 2.08 bits per heavy atom. The number of carbonyl (C=O) groups is 2. The Morgan fingerprint density at radius 1 is 0.921 bits per heavy atom. The van der Waals surface area contributed by atoms with E-state index in [0.29, 0.717) is 30.3 Å². The van der Waals surface area contributed by atoms with E-state index in [-0.39, 0.29) is 12.1 Å². The standard InChI is InChI=1S/C22H14ClF11N2O2/c23-12-3-11(4-13(24)6-12)15(21(29,30)31)7-17(25)10-1-2-14(16(5-10)22(32,33)34)19(38)35-8-18(37)36-9-20(26,27)28/h1-7,15H,8-9H2,(H,35,38)(H,36,37). The van der Waals surface area contributed by atoms with Crippen molar-refractivity contribution in [2.45, 2.75) is 24.4 Å². The lowest BCUT2D eigenvalue weighted by Gasteiger charge is -2.19. The number of carbonyl (C=O) groups excluding carboxylic acids is 2. The van der Waals surface area contributed by atoms with Gasteiger partial charge in [0.25, 0.3) is 5.91 Å². The Hall–Kier alpha value is -3.36. The molecule has 0 aliphatic rings. The van der Waals surface area contributed by atoms with Gasteiger partial charge in [-0.25, -0.2) is 8.78 Å². The largest absolute Gasteiger partial charge is 0.417 e. The fraction of sp³-hybridized carbons (Fsp3) is 0.273. The third-order valence-corrected chi connectivity index (χ3v) is 4.87. The number of amides is 2. The van der Waals surface area contributed by atoms with E-state index in [1.54, 1.807) is 5.32 Å². The van der Waals surface area contributed by atoms with E-state index in [4.69, 9.17) is 11.6 Å². The molecule has 0 aliphatic carbocycles. The van der Waals surface area contributed by atoms with Crippen LogP contribution in [0.15, 0.2) is 42.5 Å². The van der Waals surface area contributed by atoms with E-state index < -0.39 is 88.3 Å². The SMILES string of the molecule is O=C(CNC(=O)c1ccc(C(F)=CC(c2cc(F)cc(Cl)c2)C(F)(F)F)cc1C(F)(F)F)NCC(F)(F)F. The molecule has 0 spiro atoms. The van der Waals surface area contributed by atoms with Crippen molar-refractivity contribution in [1.82, 2.24) is 10.6 Å². The van der Waals surface area contributed by atoms with Crippen LogP contribution in [0.4, 0.5) is 48.3 Å². The van der Waals surface area contributed by atoms with Crippen LogP contribution in [-0.4, -0.2) is 37.3 Å². The smallest absolute Gasteiger partial charge is 0.345 e. The molecule has 2 amide bonds. The van der Waals surface area contributed by atoms with Crippen molar-refractivity contribution in [3.8, 4) is 0 Å². The number of allylic oxidation sites excluding steroid dienone is 1. The van der Waals surface area contributed by atoms with Gasteiger partial charge in [-0.05, 0) is 42.0 Å². The molecule has 208 valence electrons. The van der Waals surface area contributed by atoms with E-state index in [1.807, 2.05) is 0 Å². The van der Waals surface area contributed by atoms with Gasteiger partial charge in [-0.2, -0.15) is 39.5 Å². The summed E-state index contributed by atoms with van der Waals surface area (Å²) in [6, 6.07) is 2.73. The maximum absolute atomic E-state index is 14.8. The zero-order valence-corrected chi connectivity index (χ0v) is 19.1. The minimum atomic E-state index is -5.35. The summed E-state index contributed by atoms with van der Waals surface area (Å²) in [4.78, 5) is 23.5. The van der Waals surface area contributed by atoms with Crippen molar-refractivity contribution in [2.24, 2.45) is 0 Å². The lowest BCUT2D eigenvalue weighted by atomic mass is 9.95. The second-order valence-corrected chi connectivity index (χ2v) is 8.01. The number of halogens is 12. The Labute approximate surface area is 211 Å². The first-order valence-corrected chi connectivity index (χ1v) is 10.4. The summed E-state index contributed by atoms with van der Waals surface area (Å²) in [6.07, 6.45) is -15.5. The van der Waals surface area contributed by atoms with Gasteiger partial charge in [-0.1, -0.05) is 17.7 Å². The minimum Gasteiger partial charge on any atom is -0.345 e. The van der Waals surface area contributed by atoms with Crippen LogP contribution in [0.5, 0.6) is 0 Å². The topological polar surface area (TPSA) is 58.2 Å². The van der Waals surface area contributed by atoms with Crippen LogP contribution < -0.4 is 10.6 Å². The van der Waals surface area contributed by atoms with Crippen molar-refractivity contribution in [2.75, 3.05) is 13.1 Å². The van der Waals surface area contributed by atoms with Crippen LogP contribution in [0.2, 0.25) is 5.02 Å². The highest BCUT2D eigenvalue weighted by Crippen LogP contribution is 2.40. The summed E-state index contributed by atoms with van der Waals surface area (Å²) < 4.78 is 146. The summed E-state index contributed by atoms with van der Waals surface area (Å²) in [5, 5.41) is 2.57. The molecule has 2 aromatic rings. The molecule has 0 fully saturated rings. The second kappa shape index (κ2) is 11.6. The molecule has 2 aromatic carbocycles. The van der Waals surface area contributed by atoms with E-state index in [2.05, 4.69) is 0 Å². The second-order valence-electron chi connectivity index (χ2n) is 7.57. The Balaban J connectivity index is 2.39. The fourth-order valence-corrected chi connectivity index (χ4v) is 3.25. The number of nitrogens with one attached hydrogen (secondary N) is 2.